The first-order valence-corrected chi connectivity index (χ1v) is 5.52. The molecule has 0 aliphatic rings. The maximum atomic E-state index is 12.5. The van der Waals surface area contributed by atoms with Crippen molar-refractivity contribution < 1.29 is 13.2 Å². The van der Waals surface area contributed by atoms with Crippen LogP contribution in [0.3, 0.4) is 0 Å². The summed E-state index contributed by atoms with van der Waals surface area (Å²) in [6, 6.07) is 6.24. The molecule has 8 heteroatoms. The Bertz CT molecular complexity index is 664. The number of nitrogens with one attached hydrogen (secondary N) is 1. The third-order valence-electron chi connectivity index (χ3n) is 2.71. The van der Waals surface area contributed by atoms with Crippen LogP contribution in [-0.4, -0.2) is 16.8 Å². The van der Waals surface area contributed by atoms with Crippen molar-refractivity contribution in [2.24, 2.45) is 0 Å². The van der Waals surface area contributed by atoms with Gasteiger partial charge in [-0.25, -0.2) is 4.68 Å². The minimum atomic E-state index is -4.40. The van der Waals surface area contributed by atoms with E-state index < -0.39 is 11.7 Å². The molecule has 1 aromatic carbocycles. The first-order valence-electron chi connectivity index (χ1n) is 5.52. The lowest BCUT2D eigenvalue weighted by Crippen LogP contribution is -2.06. The smallest absolute Gasteiger partial charge is 0.382 e. The zero-order valence-electron chi connectivity index (χ0n) is 10.4. The van der Waals surface area contributed by atoms with Crippen LogP contribution in [0.25, 0.3) is 5.69 Å². The molecular formula is C12H10F3N5. The Morgan fingerprint density at radius 2 is 1.90 bits per heavy atom. The standard InChI is InChI=1S/C12H10F3N5/c1-18-11-9(6-16)10(17)20(19-11)8-4-2-7(3-5-8)12(13,14)15/h2-5H,17H2,1H3,(H,18,19). The summed E-state index contributed by atoms with van der Waals surface area (Å²) in [5.41, 5.74) is 5.49. The summed E-state index contributed by atoms with van der Waals surface area (Å²) in [5, 5.41) is 15.7. The third kappa shape index (κ3) is 2.25. The zero-order chi connectivity index (χ0) is 14.9. The van der Waals surface area contributed by atoms with Crippen molar-refractivity contribution in [2.75, 3.05) is 18.1 Å². The Kier molecular flexibility index (Phi) is 3.28. The molecule has 1 heterocycles. The number of rotatable bonds is 2. The summed E-state index contributed by atoms with van der Waals surface area (Å²) in [6.45, 7) is 0. The fourth-order valence-corrected chi connectivity index (χ4v) is 1.70. The number of hydrogen-bond acceptors (Lipinski definition) is 4. The van der Waals surface area contributed by atoms with Crippen molar-refractivity contribution in [3.63, 3.8) is 0 Å². The van der Waals surface area contributed by atoms with Crippen molar-refractivity contribution in [3.8, 4) is 11.8 Å². The number of alkyl halides is 3. The average molecular weight is 281 g/mol. The van der Waals surface area contributed by atoms with Crippen LogP contribution in [0.5, 0.6) is 0 Å². The van der Waals surface area contributed by atoms with Crippen molar-refractivity contribution >= 4 is 11.6 Å². The lowest BCUT2D eigenvalue weighted by atomic mass is 10.2. The number of nitriles is 1. The molecule has 0 aliphatic carbocycles. The molecule has 0 amide bonds. The zero-order valence-corrected chi connectivity index (χ0v) is 10.4. The first kappa shape index (κ1) is 13.7. The highest BCUT2D eigenvalue weighted by atomic mass is 19.4. The molecule has 0 fully saturated rings. The maximum absolute atomic E-state index is 12.5. The van der Waals surface area contributed by atoms with E-state index in [2.05, 4.69) is 10.4 Å². The summed E-state index contributed by atoms with van der Waals surface area (Å²) in [4.78, 5) is 0. The second kappa shape index (κ2) is 4.77. The number of anilines is 2. The van der Waals surface area contributed by atoms with Gasteiger partial charge in [0, 0.05) is 7.05 Å². The van der Waals surface area contributed by atoms with Gasteiger partial charge < -0.3 is 11.1 Å². The molecule has 0 saturated heterocycles. The Morgan fingerprint density at radius 3 is 2.30 bits per heavy atom. The largest absolute Gasteiger partial charge is 0.416 e. The molecule has 2 aromatic rings. The highest BCUT2D eigenvalue weighted by molar-refractivity contribution is 5.65. The van der Waals surface area contributed by atoms with Crippen molar-refractivity contribution in [2.45, 2.75) is 6.18 Å². The van der Waals surface area contributed by atoms with Gasteiger partial charge >= 0.3 is 6.18 Å². The Labute approximate surface area is 112 Å². The number of hydrogen-bond donors (Lipinski definition) is 2. The SMILES string of the molecule is CNc1nn(-c2ccc(C(F)(F)F)cc2)c(N)c1C#N. The Hall–Kier alpha value is -2.69. The van der Waals surface area contributed by atoms with Crippen LogP contribution in [0.2, 0.25) is 0 Å². The molecule has 0 atom stereocenters. The van der Waals surface area contributed by atoms with Gasteiger partial charge in [0.05, 0.1) is 11.3 Å². The van der Waals surface area contributed by atoms with E-state index in [0.717, 1.165) is 12.1 Å². The molecule has 0 bridgehead atoms. The number of nitrogens with zero attached hydrogens (tertiary/aromatic N) is 3. The van der Waals surface area contributed by atoms with Gasteiger partial charge in [-0.05, 0) is 24.3 Å². The number of benzene rings is 1. The van der Waals surface area contributed by atoms with E-state index in [1.165, 1.54) is 16.8 Å². The van der Waals surface area contributed by atoms with Crippen LogP contribution in [0.4, 0.5) is 24.8 Å². The first-order chi connectivity index (χ1) is 9.38. The van der Waals surface area contributed by atoms with Gasteiger partial charge in [0.15, 0.2) is 5.82 Å². The molecule has 0 aliphatic heterocycles. The molecule has 2 rings (SSSR count). The van der Waals surface area contributed by atoms with E-state index in [0.29, 0.717) is 5.69 Å². The third-order valence-corrected chi connectivity index (χ3v) is 2.71. The van der Waals surface area contributed by atoms with Gasteiger partial charge in [-0.1, -0.05) is 0 Å². The highest BCUT2D eigenvalue weighted by Gasteiger charge is 2.30. The fourth-order valence-electron chi connectivity index (χ4n) is 1.70. The Morgan fingerprint density at radius 1 is 1.30 bits per heavy atom. The van der Waals surface area contributed by atoms with Crippen molar-refractivity contribution in [1.82, 2.24) is 9.78 Å². The molecule has 0 unspecified atom stereocenters. The second-order valence-electron chi connectivity index (χ2n) is 3.93. The van der Waals surface area contributed by atoms with E-state index in [1.807, 2.05) is 6.07 Å². The van der Waals surface area contributed by atoms with Crippen LogP contribution >= 0.6 is 0 Å². The average Bonchev–Trinajstić information content (AvgIpc) is 2.74. The summed E-state index contributed by atoms with van der Waals surface area (Å²) in [5.74, 6) is 0.335. The van der Waals surface area contributed by atoms with Gasteiger partial charge in [0.25, 0.3) is 0 Å². The molecule has 0 saturated carbocycles. The van der Waals surface area contributed by atoms with Crippen LogP contribution in [0.1, 0.15) is 11.1 Å². The molecule has 0 radical (unpaired) electrons. The fraction of sp³-hybridized carbons (Fsp3) is 0.167. The van der Waals surface area contributed by atoms with Gasteiger partial charge in [-0.3, -0.25) is 0 Å². The monoisotopic (exact) mass is 281 g/mol. The van der Waals surface area contributed by atoms with Gasteiger partial charge in [-0.15, -0.1) is 5.10 Å². The topological polar surface area (TPSA) is 79.7 Å². The molecule has 0 spiro atoms. The lowest BCUT2D eigenvalue weighted by molar-refractivity contribution is -0.137. The predicted octanol–water partition coefficient (Wildman–Crippen LogP) is 2.39. The maximum Gasteiger partial charge on any atom is 0.416 e. The number of nitrogen functional groups attached to an aromatic ring is 1. The minimum Gasteiger partial charge on any atom is -0.382 e. The van der Waals surface area contributed by atoms with Gasteiger partial charge in [-0.2, -0.15) is 18.4 Å². The molecule has 1 aromatic heterocycles. The summed E-state index contributed by atoms with van der Waals surface area (Å²) >= 11 is 0. The molecule has 104 valence electrons. The molecule has 20 heavy (non-hydrogen) atoms. The summed E-state index contributed by atoms with van der Waals surface area (Å²) in [7, 11) is 1.57. The van der Waals surface area contributed by atoms with E-state index in [9.17, 15) is 13.2 Å². The van der Waals surface area contributed by atoms with E-state index in [-0.39, 0.29) is 17.2 Å². The van der Waals surface area contributed by atoms with Crippen LogP contribution in [0, 0.1) is 11.3 Å². The second-order valence-corrected chi connectivity index (χ2v) is 3.93. The normalized spacial score (nSPS) is 11.2. The number of nitrogens with two attached hydrogens (primary N) is 1. The summed E-state index contributed by atoms with van der Waals surface area (Å²) in [6.07, 6.45) is -4.40. The summed E-state index contributed by atoms with van der Waals surface area (Å²) < 4.78 is 38.6. The predicted molar refractivity (Wildman–Crippen MR) is 67.2 cm³/mol. The highest BCUT2D eigenvalue weighted by Crippen LogP contribution is 2.30. The van der Waals surface area contributed by atoms with Crippen molar-refractivity contribution in [3.05, 3.63) is 35.4 Å². The Balaban J connectivity index is 2.48. The molecule has 5 nitrogen and oxygen atoms in total. The van der Waals surface area contributed by atoms with Gasteiger partial charge in [0.1, 0.15) is 17.5 Å². The number of halogens is 3. The molecular weight excluding hydrogens is 271 g/mol. The van der Waals surface area contributed by atoms with E-state index >= 15 is 0 Å². The van der Waals surface area contributed by atoms with E-state index in [1.54, 1.807) is 7.05 Å². The quantitative estimate of drug-likeness (QED) is 0.885. The molecule has 3 N–H and O–H groups in total. The van der Waals surface area contributed by atoms with Gasteiger partial charge in [0.2, 0.25) is 0 Å². The van der Waals surface area contributed by atoms with E-state index in [4.69, 9.17) is 11.0 Å². The van der Waals surface area contributed by atoms with Crippen LogP contribution in [-0.2, 0) is 6.18 Å². The van der Waals surface area contributed by atoms with Crippen LogP contribution in [0.15, 0.2) is 24.3 Å². The van der Waals surface area contributed by atoms with Crippen molar-refractivity contribution in [1.29, 1.82) is 5.26 Å². The van der Waals surface area contributed by atoms with Crippen LogP contribution < -0.4 is 11.1 Å². The minimum absolute atomic E-state index is 0.0663. The lowest BCUT2D eigenvalue weighted by Gasteiger charge is -2.08. The number of aromatic nitrogens is 2.